The van der Waals surface area contributed by atoms with E-state index in [-0.39, 0.29) is 28.6 Å². The monoisotopic (exact) mass is 480 g/mol. The van der Waals surface area contributed by atoms with Crippen LogP contribution in [0.15, 0.2) is 60.7 Å². The summed E-state index contributed by atoms with van der Waals surface area (Å²) in [4.78, 5) is 0. The molecule has 1 aliphatic carbocycles. The Bertz CT molecular complexity index is 1160. The highest BCUT2D eigenvalue weighted by Gasteiger charge is 2.22. The molecule has 35 heavy (non-hydrogen) atoms. The lowest BCUT2D eigenvalue weighted by Gasteiger charge is -2.27. The van der Waals surface area contributed by atoms with E-state index < -0.39 is 11.6 Å². The van der Waals surface area contributed by atoms with E-state index in [2.05, 4.69) is 0 Å². The normalized spacial score (nSPS) is 18.1. The van der Waals surface area contributed by atoms with Crippen molar-refractivity contribution in [2.75, 3.05) is 13.2 Å². The number of rotatable bonds is 8. The molecule has 1 aliphatic rings. The minimum Gasteiger partial charge on any atom is -0.494 e. The average Bonchev–Trinajstić information content (AvgIpc) is 2.87. The zero-order valence-electron chi connectivity index (χ0n) is 20.2. The van der Waals surface area contributed by atoms with Gasteiger partial charge in [-0.2, -0.15) is 0 Å². The first-order valence-corrected chi connectivity index (χ1v) is 12.3. The Kier molecular flexibility index (Phi) is 8.17. The van der Waals surface area contributed by atoms with Gasteiger partial charge in [-0.3, -0.25) is 0 Å². The van der Waals surface area contributed by atoms with E-state index >= 15 is 0 Å². The fourth-order valence-electron chi connectivity index (χ4n) is 4.74. The molecule has 184 valence electrons. The highest BCUT2D eigenvalue weighted by Crippen LogP contribution is 2.38. The summed E-state index contributed by atoms with van der Waals surface area (Å²) < 4.78 is 54.6. The largest absolute Gasteiger partial charge is 0.494 e. The Morgan fingerprint density at radius 1 is 0.800 bits per heavy atom. The van der Waals surface area contributed by atoms with Crippen molar-refractivity contribution >= 4 is 6.08 Å². The Labute approximate surface area is 205 Å². The number of hydrogen-bond acceptors (Lipinski definition) is 2. The Morgan fingerprint density at radius 3 is 2.17 bits per heavy atom. The van der Waals surface area contributed by atoms with Crippen molar-refractivity contribution in [1.29, 1.82) is 0 Å². The summed E-state index contributed by atoms with van der Waals surface area (Å²) in [6.07, 6.45) is 7.35. The number of hydrogen-bond donors (Lipinski definition) is 0. The van der Waals surface area contributed by atoms with Crippen LogP contribution in [0.3, 0.4) is 0 Å². The molecule has 3 aromatic carbocycles. The standard InChI is InChI=1S/C30H31F3O2/c1-3-34-25-15-11-22(12-16-25)26-17-13-23(29(32)30(26)33)10-7-20-5-8-21(9-6-20)24-14-18-28(35-4-2)27(31)19-24/h7,10-21H,3-6,8-9H2,1-2H3/b10-7+. The van der Waals surface area contributed by atoms with Gasteiger partial charge < -0.3 is 9.47 Å². The van der Waals surface area contributed by atoms with Crippen LogP contribution < -0.4 is 9.47 Å². The molecule has 0 amide bonds. The average molecular weight is 481 g/mol. The summed E-state index contributed by atoms with van der Waals surface area (Å²) >= 11 is 0. The Balaban J connectivity index is 1.39. The smallest absolute Gasteiger partial charge is 0.167 e. The van der Waals surface area contributed by atoms with Crippen molar-refractivity contribution in [2.24, 2.45) is 5.92 Å². The first-order chi connectivity index (χ1) is 17.0. The molecule has 0 radical (unpaired) electrons. The maximum Gasteiger partial charge on any atom is 0.167 e. The molecule has 0 saturated heterocycles. The van der Waals surface area contributed by atoms with E-state index in [4.69, 9.17) is 9.47 Å². The Morgan fingerprint density at radius 2 is 1.51 bits per heavy atom. The van der Waals surface area contributed by atoms with Gasteiger partial charge in [-0.15, -0.1) is 0 Å². The number of allylic oxidation sites excluding steroid dienone is 1. The van der Waals surface area contributed by atoms with Crippen LogP contribution in [0.5, 0.6) is 11.5 Å². The van der Waals surface area contributed by atoms with Gasteiger partial charge >= 0.3 is 0 Å². The van der Waals surface area contributed by atoms with E-state index in [1.807, 2.05) is 26.0 Å². The molecule has 5 heteroatoms. The van der Waals surface area contributed by atoms with Crippen molar-refractivity contribution in [2.45, 2.75) is 45.4 Å². The molecule has 0 heterocycles. The van der Waals surface area contributed by atoms with Gasteiger partial charge in [0, 0.05) is 11.1 Å². The maximum atomic E-state index is 14.8. The van der Waals surface area contributed by atoms with Crippen LogP contribution in [0.1, 0.15) is 56.6 Å². The van der Waals surface area contributed by atoms with Crippen molar-refractivity contribution < 1.29 is 22.6 Å². The molecule has 2 nitrogen and oxygen atoms in total. The summed E-state index contributed by atoms with van der Waals surface area (Å²) in [7, 11) is 0. The molecule has 4 rings (SSSR count). The SMILES string of the molecule is CCOc1ccc(-c2ccc(/C=C/C3CCC(c4ccc(OCC)c(F)c4)CC3)c(F)c2F)cc1. The summed E-state index contributed by atoms with van der Waals surface area (Å²) in [6.45, 7) is 4.70. The van der Waals surface area contributed by atoms with Crippen molar-refractivity contribution in [3.63, 3.8) is 0 Å². The number of benzene rings is 3. The second-order valence-corrected chi connectivity index (χ2v) is 8.88. The molecular weight excluding hydrogens is 449 g/mol. The summed E-state index contributed by atoms with van der Waals surface area (Å²) in [6, 6.07) is 15.4. The number of halogens is 3. The van der Waals surface area contributed by atoms with E-state index in [1.165, 1.54) is 0 Å². The second kappa shape index (κ2) is 11.5. The molecule has 1 saturated carbocycles. The van der Waals surface area contributed by atoms with Gasteiger partial charge in [0.25, 0.3) is 0 Å². The quantitative estimate of drug-likeness (QED) is 0.322. The molecule has 0 N–H and O–H groups in total. The summed E-state index contributed by atoms with van der Waals surface area (Å²) in [5.74, 6) is -0.449. The van der Waals surface area contributed by atoms with Crippen LogP contribution in [-0.4, -0.2) is 13.2 Å². The van der Waals surface area contributed by atoms with Gasteiger partial charge in [0.05, 0.1) is 13.2 Å². The minimum atomic E-state index is -0.849. The third-order valence-corrected chi connectivity index (χ3v) is 6.64. The molecule has 3 aromatic rings. The highest BCUT2D eigenvalue weighted by molar-refractivity contribution is 5.67. The summed E-state index contributed by atoms with van der Waals surface area (Å²) in [5.41, 5.74) is 2.06. The molecule has 0 spiro atoms. The summed E-state index contributed by atoms with van der Waals surface area (Å²) in [5, 5.41) is 0. The van der Waals surface area contributed by atoms with Gasteiger partial charge in [0.15, 0.2) is 23.2 Å². The predicted molar refractivity (Wildman–Crippen MR) is 134 cm³/mol. The fourth-order valence-corrected chi connectivity index (χ4v) is 4.74. The predicted octanol–water partition coefficient (Wildman–Crippen LogP) is 8.56. The van der Waals surface area contributed by atoms with Gasteiger partial charge in [0.1, 0.15) is 5.75 Å². The molecule has 0 aromatic heterocycles. The molecule has 1 fully saturated rings. The van der Waals surface area contributed by atoms with Gasteiger partial charge in [-0.25, -0.2) is 13.2 Å². The lowest BCUT2D eigenvalue weighted by molar-refractivity contribution is 0.320. The van der Waals surface area contributed by atoms with Gasteiger partial charge in [-0.1, -0.05) is 42.5 Å². The maximum absolute atomic E-state index is 14.8. The topological polar surface area (TPSA) is 18.5 Å². The molecule has 0 atom stereocenters. The van der Waals surface area contributed by atoms with Gasteiger partial charge in [-0.05, 0) is 86.8 Å². The van der Waals surface area contributed by atoms with Crippen molar-refractivity contribution in [3.05, 3.63) is 89.3 Å². The first kappa shape index (κ1) is 24.9. The van der Waals surface area contributed by atoms with Crippen LogP contribution in [0.4, 0.5) is 13.2 Å². The third-order valence-electron chi connectivity index (χ3n) is 6.64. The lowest BCUT2D eigenvalue weighted by Crippen LogP contribution is -2.12. The first-order valence-electron chi connectivity index (χ1n) is 12.3. The number of ether oxygens (including phenoxy) is 2. The zero-order valence-corrected chi connectivity index (χ0v) is 20.2. The molecular formula is C30H31F3O2. The van der Waals surface area contributed by atoms with Crippen LogP contribution in [-0.2, 0) is 0 Å². The second-order valence-electron chi connectivity index (χ2n) is 8.88. The van der Waals surface area contributed by atoms with Crippen LogP contribution in [0, 0.1) is 23.4 Å². The van der Waals surface area contributed by atoms with E-state index in [1.54, 1.807) is 54.6 Å². The van der Waals surface area contributed by atoms with Crippen LogP contribution in [0.2, 0.25) is 0 Å². The van der Waals surface area contributed by atoms with Crippen molar-refractivity contribution in [3.8, 4) is 22.6 Å². The fraction of sp³-hybridized carbons (Fsp3) is 0.333. The van der Waals surface area contributed by atoms with E-state index in [0.717, 1.165) is 31.2 Å². The van der Waals surface area contributed by atoms with Crippen LogP contribution >= 0.6 is 0 Å². The molecule has 0 unspecified atom stereocenters. The van der Waals surface area contributed by atoms with E-state index in [9.17, 15) is 13.2 Å². The lowest BCUT2D eigenvalue weighted by atomic mass is 9.78. The molecule has 0 aliphatic heterocycles. The van der Waals surface area contributed by atoms with Gasteiger partial charge in [0.2, 0.25) is 0 Å². The Hall–Kier alpha value is -3.21. The van der Waals surface area contributed by atoms with Crippen molar-refractivity contribution in [1.82, 2.24) is 0 Å². The molecule has 0 bridgehead atoms. The minimum absolute atomic E-state index is 0.228. The highest BCUT2D eigenvalue weighted by atomic mass is 19.2. The van der Waals surface area contributed by atoms with E-state index in [0.29, 0.717) is 30.4 Å². The third kappa shape index (κ3) is 5.90. The zero-order chi connectivity index (χ0) is 24.8. The van der Waals surface area contributed by atoms with Crippen LogP contribution in [0.25, 0.3) is 17.2 Å².